The molecule has 0 bridgehead atoms. The Morgan fingerprint density at radius 3 is 2.74 bits per heavy atom. The van der Waals surface area contributed by atoms with E-state index in [4.69, 9.17) is 11.6 Å². The number of benzene rings is 1. The quantitative estimate of drug-likeness (QED) is 0.695. The van der Waals surface area contributed by atoms with E-state index in [1.54, 1.807) is 11.3 Å². The molecule has 0 aliphatic carbocycles. The lowest BCUT2D eigenvalue weighted by Crippen LogP contribution is -1.98. The van der Waals surface area contributed by atoms with Gasteiger partial charge in [0.1, 0.15) is 9.98 Å². The number of aryl methyl sites for hydroxylation is 2. The number of anilines is 2. The van der Waals surface area contributed by atoms with Gasteiger partial charge in [-0.2, -0.15) is 0 Å². The van der Waals surface area contributed by atoms with E-state index in [1.165, 1.54) is 4.88 Å². The highest BCUT2D eigenvalue weighted by molar-refractivity contribution is 7.18. The second-order valence-electron chi connectivity index (χ2n) is 4.35. The number of fused-ring (bicyclic) bond motifs is 1. The van der Waals surface area contributed by atoms with Crippen LogP contribution in [0.3, 0.4) is 0 Å². The summed E-state index contributed by atoms with van der Waals surface area (Å²) in [7, 11) is 0. The Hall–Kier alpha value is -1.65. The Kier molecular flexibility index (Phi) is 3.12. The smallest absolute Gasteiger partial charge is 0.230 e. The van der Waals surface area contributed by atoms with Crippen LogP contribution in [0.2, 0.25) is 5.15 Å². The molecule has 3 rings (SSSR count). The molecule has 0 saturated heterocycles. The topological polar surface area (TPSA) is 37.8 Å². The molecule has 0 atom stereocenters. The van der Waals surface area contributed by atoms with Crippen LogP contribution in [0.4, 0.5) is 11.6 Å². The summed E-state index contributed by atoms with van der Waals surface area (Å²) in [5, 5.41) is 4.62. The first kappa shape index (κ1) is 12.4. The largest absolute Gasteiger partial charge is 0.324 e. The molecule has 1 N–H and O–H groups in total. The Morgan fingerprint density at radius 1 is 1.16 bits per heavy atom. The van der Waals surface area contributed by atoms with Crippen molar-refractivity contribution in [3.05, 3.63) is 45.9 Å². The summed E-state index contributed by atoms with van der Waals surface area (Å²) in [4.78, 5) is 10.9. The van der Waals surface area contributed by atoms with Gasteiger partial charge in [0.15, 0.2) is 0 Å². The number of hydrogen-bond acceptors (Lipinski definition) is 4. The monoisotopic (exact) mass is 289 g/mol. The highest BCUT2D eigenvalue weighted by atomic mass is 35.5. The molecule has 0 radical (unpaired) electrons. The number of thiophene rings is 1. The van der Waals surface area contributed by atoms with Gasteiger partial charge in [-0.05, 0) is 31.5 Å². The average molecular weight is 290 g/mol. The molecule has 2 aromatic heterocycles. The zero-order valence-corrected chi connectivity index (χ0v) is 12.1. The minimum absolute atomic E-state index is 0.491. The predicted octanol–water partition coefficient (Wildman–Crippen LogP) is 4.71. The summed E-state index contributed by atoms with van der Waals surface area (Å²) in [6.45, 7) is 4.08. The SMILES string of the molecule is Cc1cc2c(Cl)nc(Nc3ccccc3C)nc2s1. The van der Waals surface area contributed by atoms with Crippen LogP contribution in [0, 0.1) is 13.8 Å². The number of halogens is 1. The van der Waals surface area contributed by atoms with Gasteiger partial charge in [-0.3, -0.25) is 0 Å². The van der Waals surface area contributed by atoms with Crippen LogP contribution >= 0.6 is 22.9 Å². The summed E-state index contributed by atoms with van der Waals surface area (Å²) >= 11 is 7.82. The van der Waals surface area contributed by atoms with Gasteiger partial charge in [-0.15, -0.1) is 11.3 Å². The molecule has 1 aromatic carbocycles. The first-order valence-electron chi connectivity index (χ1n) is 5.90. The van der Waals surface area contributed by atoms with Crippen molar-refractivity contribution in [2.24, 2.45) is 0 Å². The molecule has 5 heteroatoms. The van der Waals surface area contributed by atoms with E-state index in [2.05, 4.69) is 15.3 Å². The number of aromatic nitrogens is 2. The number of para-hydroxylation sites is 1. The van der Waals surface area contributed by atoms with E-state index in [1.807, 2.05) is 44.2 Å². The molecule has 3 aromatic rings. The van der Waals surface area contributed by atoms with Gasteiger partial charge in [0, 0.05) is 16.0 Å². The number of rotatable bonds is 2. The number of nitrogens with zero attached hydrogens (tertiary/aromatic N) is 2. The van der Waals surface area contributed by atoms with Gasteiger partial charge < -0.3 is 5.32 Å². The highest BCUT2D eigenvalue weighted by Gasteiger charge is 2.09. The van der Waals surface area contributed by atoms with Crippen LogP contribution in [0.15, 0.2) is 30.3 Å². The van der Waals surface area contributed by atoms with Crippen LogP contribution in [-0.2, 0) is 0 Å². The average Bonchev–Trinajstić information content (AvgIpc) is 2.73. The standard InChI is InChI=1S/C14H12ClN3S/c1-8-5-3-4-6-11(8)16-14-17-12(15)10-7-9(2)19-13(10)18-14/h3-7H,1-2H3,(H,16,17,18). The fraction of sp³-hybridized carbons (Fsp3) is 0.143. The third kappa shape index (κ3) is 2.41. The molecular formula is C14H12ClN3S. The van der Waals surface area contributed by atoms with Crippen molar-refractivity contribution < 1.29 is 0 Å². The van der Waals surface area contributed by atoms with Crippen LogP contribution in [0.25, 0.3) is 10.2 Å². The zero-order chi connectivity index (χ0) is 13.4. The molecule has 0 spiro atoms. The van der Waals surface area contributed by atoms with E-state index in [-0.39, 0.29) is 0 Å². The van der Waals surface area contributed by atoms with Crippen LogP contribution in [-0.4, -0.2) is 9.97 Å². The fourth-order valence-electron chi connectivity index (χ4n) is 1.90. The Balaban J connectivity index is 2.04. The minimum Gasteiger partial charge on any atom is -0.324 e. The van der Waals surface area contributed by atoms with Crippen molar-refractivity contribution in [1.29, 1.82) is 0 Å². The van der Waals surface area contributed by atoms with Gasteiger partial charge >= 0.3 is 0 Å². The van der Waals surface area contributed by atoms with Crippen LogP contribution in [0.1, 0.15) is 10.4 Å². The van der Waals surface area contributed by atoms with Crippen molar-refractivity contribution in [1.82, 2.24) is 9.97 Å². The van der Waals surface area contributed by atoms with Crippen molar-refractivity contribution >= 4 is 44.8 Å². The van der Waals surface area contributed by atoms with Gasteiger partial charge in [-0.1, -0.05) is 29.8 Å². The normalized spacial score (nSPS) is 10.9. The summed E-state index contributed by atoms with van der Waals surface area (Å²) < 4.78 is 0. The van der Waals surface area contributed by atoms with Gasteiger partial charge in [0.2, 0.25) is 5.95 Å². The lowest BCUT2D eigenvalue weighted by atomic mass is 10.2. The van der Waals surface area contributed by atoms with Gasteiger partial charge in [-0.25, -0.2) is 9.97 Å². The summed E-state index contributed by atoms with van der Waals surface area (Å²) in [5.41, 5.74) is 2.14. The van der Waals surface area contributed by atoms with E-state index < -0.39 is 0 Å². The second kappa shape index (κ2) is 4.79. The molecule has 0 aliphatic heterocycles. The second-order valence-corrected chi connectivity index (χ2v) is 5.95. The molecule has 96 valence electrons. The Labute approximate surface area is 120 Å². The van der Waals surface area contributed by atoms with Crippen LogP contribution in [0.5, 0.6) is 0 Å². The summed E-state index contributed by atoms with van der Waals surface area (Å²) in [5.74, 6) is 0.536. The highest BCUT2D eigenvalue weighted by Crippen LogP contribution is 2.30. The van der Waals surface area contributed by atoms with Gasteiger partial charge in [0.05, 0.1) is 0 Å². The van der Waals surface area contributed by atoms with E-state index in [9.17, 15) is 0 Å². The van der Waals surface area contributed by atoms with Crippen molar-refractivity contribution in [3.63, 3.8) is 0 Å². The maximum absolute atomic E-state index is 6.20. The summed E-state index contributed by atoms with van der Waals surface area (Å²) in [6, 6.07) is 10.0. The maximum Gasteiger partial charge on any atom is 0.230 e. The van der Waals surface area contributed by atoms with Crippen molar-refractivity contribution in [2.45, 2.75) is 13.8 Å². The summed E-state index contributed by atoms with van der Waals surface area (Å²) in [6.07, 6.45) is 0. The molecular weight excluding hydrogens is 278 g/mol. The van der Waals surface area contributed by atoms with E-state index >= 15 is 0 Å². The van der Waals surface area contributed by atoms with Gasteiger partial charge in [0.25, 0.3) is 0 Å². The number of nitrogens with one attached hydrogen (secondary N) is 1. The zero-order valence-electron chi connectivity index (χ0n) is 10.6. The molecule has 0 amide bonds. The molecule has 3 nitrogen and oxygen atoms in total. The predicted molar refractivity (Wildman–Crippen MR) is 81.6 cm³/mol. The third-order valence-electron chi connectivity index (χ3n) is 2.86. The first-order chi connectivity index (χ1) is 9.13. The molecule has 0 aliphatic rings. The molecule has 19 heavy (non-hydrogen) atoms. The molecule has 2 heterocycles. The van der Waals surface area contributed by atoms with Crippen molar-refractivity contribution in [2.75, 3.05) is 5.32 Å². The fourth-order valence-corrected chi connectivity index (χ4v) is 3.06. The van der Waals surface area contributed by atoms with Crippen LogP contribution < -0.4 is 5.32 Å². The van der Waals surface area contributed by atoms with E-state index in [0.717, 1.165) is 21.5 Å². The minimum atomic E-state index is 0.491. The third-order valence-corrected chi connectivity index (χ3v) is 4.09. The molecule has 0 saturated carbocycles. The van der Waals surface area contributed by atoms with Crippen molar-refractivity contribution in [3.8, 4) is 0 Å². The molecule has 0 fully saturated rings. The number of hydrogen-bond donors (Lipinski definition) is 1. The Bertz CT molecular complexity index is 752. The lowest BCUT2D eigenvalue weighted by molar-refractivity contribution is 1.22. The molecule has 0 unspecified atom stereocenters. The van der Waals surface area contributed by atoms with E-state index in [0.29, 0.717) is 11.1 Å². The first-order valence-corrected chi connectivity index (χ1v) is 7.09. The lowest BCUT2D eigenvalue weighted by Gasteiger charge is -2.07. The Morgan fingerprint density at radius 2 is 1.95 bits per heavy atom. The maximum atomic E-state index is 6.20.